The Labute approximate surface area is 91.6 Å². The Hall–Kier alpha value is 0.210. The lowest BCUT2D eigenvalue weighted by Gasteiger charge is -2.30. The lowest BCUT2D eigenvalue weighted by Crippen LogP contribution is -2.39. The van der Waals surface area contributed by atoms with E-state index in [1.165, 1.54) is 12.8 Å². The van der Waals surface area contributed by atoms with Crippen molar-refractivity contribution in [1.29, 1.82) is 0 Å². The van der Waals surface area contributed by atoms with Crippen LogP contribution in [0.15, 0.2) is 0 Å². The first-order chi connectivity index (χ1) is 6.74. The molecule has 82 valence electrons. The molecule has 0 aromatic carbocycles. The number of hydrogen-bond acceptors (Lipinski definition) is 2. The minimum absolute atomic E-state index is 0.412. The van der Waals surface area contributed by atoms with Crippen molar-refractivity contribution in [2.75, 3.05) is 19.6 Å². The van der Waals surface area contributed by atoms with E-state index in [2.05, 4.69) is 11.8 Å². The minimum atomic E-state index is 0.412. The Kier molecular flexibility index (Phi) is 3.69. The van der Waals surface area contributed by atoms with Crippen molar-refractivity contribution in [3.63, 3.8) is 0 Å². The molecule has 0 spiro atoms. The van der Waals surface area contributed by atoms with E-state index in [4.69, 9.17) is 16.3 Å². The predicted octanol–water partition coefficient (Wildman–Crippen LogP) is 2.26. The number of ether oxygens (including phenoxy) is 1. The maximum Gasteiger partial charge on any atom is 0.0706 e. The fraction of sp³-hybridized carbons (Fsp3) is 1.00. The summed E-state index contributed by atoms with van der Waals surface area (Å²) in [6, 6.07) is 0. The zero-order chi connectivity index (χ0) is 9.97. The zero-order valence-corrected chi connectivity index (χ0v) is 9.67. The molecule has 2 aliphatic heterocycles. The Balaban J connectivity index is 1.70. The number of piperidine rings is 1. The van der Waals surface area contributed by atoms with Gasteiger partial charge in [0.05, 0.1) is 12.2 Å². The summed E-state index contributed by atoms with van der Waals surface area (Å²) in [6.45, 7) is 5.60. The molecule has 2 saturated heterocycles. The Bertz CT molecular complexity index is 180. The smallest absolute Gasteiger partial charge is 0.0706 e. The van der Waals surface area contributed by atoms with Gasteiger partial charge in [-0.15, -0.1) is 11.6 Å². The summed E-state index contributed by atoms with van der Waals surface area (Å²) in [5, 5.41) is 0.412. The van der Waals surface area contributed by atoms with Crippen molar-refractivity contribution in [1.82, 2.24) is 4.90 Å². The number of likely N-dealkylation sites (tertiary alicyclic amines) is 1. The van der Waals surface area contributed by atoms with Crippen molar-refractivity contribution in [2.24, 2.45) is 0 Å². The van der Waals surface area contributed by atoms with Crippen molar-refractivity contribution in [3.8, 4) is 0 Å². The monoisotopic (exact) mass is 217 g/mol. The fourth-order valence-electron chi connectivity index (χ4n) is 2.39. The summed E-state index contributed by atoms with van der Waals surface area (Å²) in [4.78, 5) is 2.50. The molecule has 3 heteroatoms. The Morgan fingerprint density at radius 3 is 2.50 bits per heavy atom. The third kappa shape index (κ3) is 2.85. The second-order valence-electron chi connectivity index (χ2n) is 4.62. The minimum Gasteiger partial charge on any atom is -0.374 e. The van der Waals surface area contributed by atoms with Crippen LogP contribution in [0.5, 0.6) is 0 Å². The van der Waals surface area contributed by atoms with Crippen molar-refractivity contribution < 1.29 is 4.74 Å². The van der Waals surface area contributed by atoms with Crippen LogP contribution in [-0.4, -0.2) is 42.1 Å². The first kappa shape index (κ1) is 10.7. The summed E-state index contributed by atoms with van der Waals surface area (Å²) in [5.74, 6) is 0. The van der Waals surface area contributed by atoms with Crippen LogP contribution in [0.4, 0.5) is 0 Å². The molecule has 2 fully saturated rings. The molecule has 2 rings (SSSR count). The number of nitrogens with zero attached hydrogens (tertiary/aromatic N) is 1. The van der Waals surface area contributed by atoms with Gasteiger partial charge in [0, 0.05) is 11.9 Å². The second-order valence-corrected chi connectivity index (χ2v) is 5.24. The highest BCUT2D eigenvalue weighted by Gasteiger charge is 2.25. The Morgan fingerprint density at radius 2 is 1.93 bits per heavy atom. The van der Waals surface area contributed by atoms with Gasteiger partial charge in [0.25, 0.3) is 0 Å². The van der Waals surface area contributed by atoms with Crippen molar-refractivity contribution in [2.45, 2.75) is 50.2 Å². The van der Waals surface area contributed by atoms with E-state index in [0.29, 0.717) is 17.6 Å². The van der Waals surface area contributed by atoms with Crippen LogP contribution in [-0.2, 0) is 4.74 Å². The standard InChI is InChI=1S/C11H20ClNO/c1-9-2-3-11(14-9)8-13-6-4-10(12)5-7-13/h9-11H,2-8H2,1H3. The zero-order valence-electron chi connectivity index (χ0n) is 8.92. The van der Waals surface area contributed by atoms with E-state index in [0.717, 1.165) is 32.5 Å². The molecule has 2 heterocycles. The van der Waals surface area contributed by atoms with Gasteiger partial charge in [0.2, 0.25) is 0 Å². The average molecular weight is 218 g/mol. The molecule has 2 unspecified atom stereocenters. The molecule has 2 aliphatic rings. The van der Waals surface area contributed by atoms with Gasteiger partial charge in [-0.25, -0.2) is 0 Å². The highest BCUT2D eigenvalue weighted by atomic mass is 35.5. The third-order valence-electron chi connectivity index (χ3n) is 3.30. The lowest BCUT2D eigenvalue weighted by molar-refractivity contribution is 0.0278. The van der Waals surface area contributed by atoms with Crippen LogP contribution in [0.1, 0.15) is 32.6 Å². The molecular formula is C11H20ClNO. The summed E-state index contributed by atoms with van der Waals surface area (Å²) >= 11 is 6.06. The van der Waals surface area contributed by atoms with Crippen LogP contribution in [0.2, 0.25) is 0 Å². The lowest BCUT2D eigenvalue weighted by atomic mass is 10.1. The van der Waals surface area contributed by atoms with E-state index in [1.807, 2.05) is 0 Å². The second kappa shape index (κ2) is 4.82. The van der Waals surface area contributed by atoms with Crippen LogP contribution < -0.4 is 0 Å². The van der Waals surface area contributed by atoms with Crippen LogP contribution >= 0.6 is 11.6 Å². The largest absolute Gasteiger partial charge is 0.374 e. The average Bonchev–Trinajstić information content (AvgIpc) is 2.56. The van der Waals surface area contributed by atoms with Gasteiger partial charge < -0.3 is 9.64 Å². The molecule has 0 amide bonds. The topological polar surface area (TPSA) is 12.5 Å². The van der Waals surface area contributed by atoms with Crippen LogP contribution in [0, 0.1) is 0 Å². The summed E-state index contributed by atoms with van der Waals surface area (Å²) in [5.41, 5.74) is 0. The van der Waals surface area contributed by atoms with Gasteiger partial charge in [-0.05, 0) is 45.7 Å². The van der Waals surface area contributed by atoms with E-state index < -0.39 is 0 Å². The third-order valence-corrected chi connectivity index (χ3v) is 3.74. The molecule has 0 saturated carbocycles. The molecular weight excluding hydrogens is 198 g/mol. The highest BCUT2D eigenvalue weighted by Crippen LogP contribution is 2.22. The van der Waals surface area contributed by atoms with Crippen molar-refractivity contribution >= 4 is 11.6 Å². The van der Waals surface area contributed by atoms with Gasteiger partial charge in [0.1, 0.15) is 0 Å². The molecule has 0 aromatic rings. The number of halogens is 1. The molecule has 0 aromatic heterocycles. The predicted molar refractivity (Wildman–Crippen MR) is 58.9 cm³/mol. The molecule has 2 nitrogen and oxygen atoms in total. The van der Waals surface area contributed by atoms with Gasteiger partial charge in [0.15, 0.2) is 0 Å². The molecule has 0 N–H and O–H groups in total. The first-order valence-corrected chi connectivity index (χ1v) is 6.19. The summed E-state index contributed by atoms with van der Waals surface area (Å²) < 4.78 is 5.82. The van der Waals surface area contributed by atoms with Gasteiger partial charge in [-0.3, -0.25) is 0 Å². The SMILES string of the molecule is CC1CCC(CN2CCC(Cl)CC2)O1. The van der Waals surface area contributed by atoms with E-state index >= 15 is 0 Å². The van der Waals surface area contributed by atoms with Crippen LogP contribution in [0.3, 0.4) is 0 Å². The molecule has 0 aliphatic carbocycles. The van der Waals surface area contributed by atoms with E-state index in [1.54, 1.807) is 0 Å². The van der Waals surface area contributed by atoms with Gasteiger partial charge in [-0.2, -0.15) is 0 Å². The van der Waals surface area contributed by atoms with Gasteiger partial charge in [-0.1, -0.05) is 0 Å². The van der Waals surface area contributed by atoms with Crippen LogP contribution in [0.25, 0.3) is 0 Å². The number of hydrogen-bond donors (Lipinski definition) is 0. The maximum atomic E-state index is 6.06. The molecule has 14 heavy (non-hydrogen) atoms. The normalized spacial score (nSPS) is 36.4. The maximum absolute atomic E-state index is 6.06. The quantitative estimate of drug-likeness (QED) is 0.658. The number of alkyl halides is 1. The van der Waals surface area contributed by atoms with E-state index in [-0.39, 0.29) is 0 Å². The molecule has 2 atom stereocenters. The Morgan fingerprint density at radius 1 is 1.21 bits per heavy atom. The molecule has 0 radical (unpaired) electrons. The van der Waals surface area contributed by atoms with Crippen molar-refractivity contribution in [3.05, 3.63) is 0 Å². The summed E-state index contributed by atoms with van der Waals surface area (Å²) in [6.07, 6.45) is 5.72. The number of rotatable bonds is 2. The molecule has 0 bridgehead atoms. The van der Waals surface area contributed by atoms with E-state index in [9.17, 15) is 0 Å². The highest BCUT2D eigenvalue weighted by molar-refractivity contribution is 6.20. The summed E-state index contributed by atoms with van der Waals surface area (Å²) in [7, 11) is 0. The fourth-order valence-corrected chi connectivity index (χ4v) is 2.59. The first-order valence-electron chi connectivity index (χ1n) is 5.76. The van der Waals surface area contributed by atoms with Gasteiger partial charge >= 0.3 is 0 Å².